The van der Waals surface area contributed by atoms with Crippen LogP contribution >= 0.6 is 0 Å². The summed E-state index contributed by atoms with van der Waals surface area (Å²) in [6, 6.07) is 51.7. The number of aromatic nitrogens is 3. The van der Waals surface area contributed by atoms with Crippen LogP contribution in [0, 0.1) is 0 Å². The van der Waals surface area contributed by atoms with Gasteiger partial charge in [-0.1, -0.05) is 127 Å². The molecule has 0 spiro atoms. The molecular weight excluding hydrogens is 526 g/mol. The number of benzene rings is 6. The van der Waals surface area contributed by atoms with Crippen LogP contribution in [-0.2, 0) is 0 Å². The van der Waals surface area contributed by atoms with Gasteiger partial charge in [-0.3, -0.25) is 0 Å². The van der Waals surface area contributed by atoms with Gasteiger partial charge in [0.2, 0.25) is 0 Å². The van der Waals surface area contributed by atoms with Crippen molar-refractivity contribution in [2.24, 2.45) is 0 Å². The minimum atomic E-state index is 0.646. The molecule has 4 heteroatoms. The zero-order valence-corrected chi connectivity index (χ0v) is 23.2. The Bertz CT molecular complexity index is 2160. The summed E-state index contributed by atoms with van der Waals surface area (Å²) in [4.78, 5) is 14.5. The van der Waals surface area contributed by atoms with E-state index >= 15 is 0 Å². The van der Waals surface area contributed by atoms with Gasteiger partial charge in [-0.25, -0.2) is 15.0 Å². The van der Waals surface area contributed by atoms with Crippen molar-refractivity contribution in [1.82, 2.24) is 15.0 Å². The van der Waals surface area contributed by atoms with Gasteiger partial charge in [-0.2, -0.15) is 0 Å². The van der Waals surface area contributed by atoms with Crippen LogP contribution in [0.25, 0.3) is 78.4 Å². The quantitative estimate of drug-likeness (QED) is 0.214. The van der Waals surface area contributed by atoms with Crippen molar-refractivity contribution < 1.29 is 4.42 Å². The number of nitrogens with zero attached hydrogens (tertiary/aromatic N) is 3. The zero-order chi connectivity index (χ0) is 28.6. The number of furan rings is 1. The average Bonchev–Trinajstić information content (AvgIpc) is 3.47. The first-order valence-corrected chi connectivity index (χ1v) is 14.3. The fourth-order valence-corrected chi connectivity index (χ4v) is 5.53. The van der Waals surface area contributed by atoms with Crippen LogP contribution in [0.4, 0.5) is 0 Å². The summed E-state index contributed by atoms with van der Waals surface area (Å²) in [5.74, 6) is 1.96. The van der Waals surface area contributed by atoms with E-state index in [1.165, 1.54) is 0 Å². The molecule has 4 nitrogen and oxygen atoms in total. The third-order valence-corrected chi connectivity index (χ3v) is 7.75. The fourth-order valence-electron chi connectivity index (χ4n) is 5.53. The van der Waals surface area contributed by atoms with Crippen molar-refractivity contribution in [2.45, 2.75) is 0 Å². The van der Waals surface area contributed by atoms with Gasteiger partial charge in [0.15, 0.2) is 17.5 Å². The number of fused-ring (bicyclic) bond motifs is 3. The summed E-state index contributed by atoms with van der Waals surface area (Å²) in [6.45, 7) is 0. The van der Waals surface area contributed by atoms with E-state index in [1.54, 1.807) is 0 Å². The van der Waals surface area contributed by atoms with Crippen LogP contribution in [0.15, 0.2) is 156 Å². The van der Waals surface area contributed by atoms with Crippen molar-refractivity contribution in [3.63, 3.8) is 0 Å². The highest BCUT2D eigenvalue weighted by molar-refractivity contribution is 6.05. The highest BCUT2D eigenvalue weighted by atomic mass is 16.3. The van der Waals surface area contributed by atoms with E-state index in [0.29, 0.717) is 17.5 Å². The Kier molecular flexibility index (Phi) is 6.08. The molecule has 0 aliphatic heterocycles. The molecule has 0 aliphatic carbocycles. The Labute approximate surface area is 249 Å². The molecule has 43 heavy (non-hydrogen) atoms. The second kappa shape index (κ2) is 10.5. The van der Waals surface area contributed by atoms with E-state index < -0.39 is 0 Å². The SMILES string of the molecule is c1ccc(-c2nc(-c3ccccc3)nc(-c3ccc(-c4cccc(-c5ccc6c(c5)oc5ccccc56)c4)cc3)n2)cc1. The number of rotatable bonds is 5. The lowest BCUT2D eigenvalue weighted by Crippen LogP contribution is -2.00. The molecule has 2 heterocycles. The molecule has 0 unspecified atom stereocenters. The van der Waals surface area contributed by atoms with Gasteiger partial charge >= 0.3 is 0 Å². The Morgan fingerprint density at radius 2 is 0.744 bits per heavy atom. The third kappa shape index (κ3) is 4.75. The first-order chi connectivity index (χ1) is 21.3. The van der Waals surface area contributed by atoms with Crippen molar-refractivity contribution in [2.75, 3.05) is 0 Å². The van der Waals surface area contributed by atoms with Gasteiger partial charge in [-0.15, -0.1) is 0 Å². The van der Waals surface area contributed by atoms with Crippen LogP contribution in [-0.4, -0.2) is 15.0 Å². The number of para-hydroxylation sites is 1. The molecule has 0 bridgehead atoms. The van der Waals surface area contributed by atoms with Crippen LogP contribution < -0.4 is 0 Å². The number of hydrogen-bond donors (Lipinski definition) is 0. The molecule has 0 saturated heterocycles. The van der Waals surface area contributed by atoms with E-state index in [1.807, 2.05) is 78.9 Å². The Morgan fingerprint density at radius 3 is 1.40 bits per heavy atom. The normalized spacial score (nSPS) is 11.3. The average molecular weight is 552 g/mol. The maximum absolute atomic E-state index is 6.14. The minimum absolute atomic E-state index is 0.646. The lowest BCUT2D eigenvalue weighted by atomic mass is 9.97. The molecule has 0 N–H and O–H groups in total. The van der Waals surface area contributed by atoms with Gasteiger partial charge < -0.3 is 4.42 Å². The third-order valence-electron chi connectivity index (χ3n) is 7.75. The first kappa shape index (κ1) is 24.9. The van der Waals surface area contributed by atoms with Crippen molar-refractivity contribution in [3.05, 3.63) is 152 Å². The molecule has 8 aromatic rings. The maximum atomic E-state index is 6.14. The summed E-state index contributed by atoms with van der Waals surface area (Å²) < 4.78 is 6.14. The highest BCUT2D eigenvalue weighted by Crippen LogP contribution is 2.34. The van der Waals surface area contributed by atoms with E-state index in [2.05, 4.69) is 72.8 Å². The van der Waals surface area contributed by atoms with Crippen LogP contribution in [0.5, 0.6) is 0 Å². The van der Waals surface area contributed by atoms with Crippen molar-refractivity contribution in [3.8, 4) is 56.4 Å². The van der Waals surface area contributed by atoms with Crippen LogP contribution in [0.3, 0.4) is 0 Å². The Morgan fingerprint density at radius 1 is 0.302 bits per heavy atom. The lowest BCUT2D eigenvalue weighted by molar-refractivity contribution is 0.669. The fraction of sp³-hybridized carbons (Fsp3) is 0. The molecule has 0 saturated carbocycles. The standard InChI is InChI=1S/C39H25N3O/c1-3-10-27(11-4-1)37-40-38(28-12-5-2-6-13-28)42-39(41-37)29-20-18-26(19-21-29)30-14-9-15-31(24-30)32-22-23-34-33-16-7-8-17-35(33)43-36(34)25-32/h1-25H. The number of hydrogen-bond acceptors (Lipinski definition) is 4. The van der Waals surface area contributed by atoms with Crippen LogP contribution in [0.2, 0.25) is 0 Å². The minimum Gasteiger partial charge on any atom is -0.456 e. The summed E-state index contributed by atoms with van der Waals surface area (Å²) in [5, 5.41) is 2.28. The molecular formula is C39H25N3O. The summed E-state index contributed by atoms with van der Waals surface area (Å²) in [6.07, 6.45) is 0. The Hall–Kier alpha value is -5.87. The monoisotopic (exact) mass is 551 g/mol. The summed E-state index contributed by atoms with van der Waals surface area (Å²) in [5.41, 5.74) is 9.18. The van der Waals surface area contributed by atoms with E-state index in [4.69, 9.17) is 19.4 Å². The molecule has 0 radical (unpaired) electrons. The summed E-state index contributed by atoms with van der Waals surface area (Å²) >= 11 is 0. The molecule has 0 fully saturated rings. The predicted octanol–water partition coefficient (Wildman–Crippen LogP) is 10.1. The highest BCUT2D eigenvalue weighted by Gasteiger charge is 2.13. The summed E-state index contributed by atoms with van der Waals surface area (Å²) in [7, 11) is 0. The lowest BCUT2D eigenvalue weighted by Gasteiger charge is -2.10. The second-order valence-electron chi connectivity index (χ2n) is 10.5. The van der Waals surface area contributed by atoms with Crippen LogP contribution in [0.1, 0.15) is 0 Å². The van der Waals surface area contributed by atoms with E-state index in [9.17, 15) is 0 Å². The van der Waals surface area contributed by atoms with E-state index in [0.717, 1.165) is 60.9 Å². The molecule has 0 amide bonds. The molecule has 0 aliphatic rings. The molecule has 202 valence electrons. The maximum Gasteiger partial charge on any atom is 0.164 e. The zero-order valence-electron chi connectivity index (χ0n) is 23.2. The van der Waals surface area contributed by atoms with E-state index in [-0.39, 0.29) is 0 Å². The predicted molar refractivity (Wildman–Crippen MR) is 174 cm³/mol. The first-order valence-electron chi connectivity index (χ1n) is 14.3. The topological polar surface area (TPSA) is 51.8 Å². The largest absolute Gasteiger partial charge is 0.456 e. The van der Waals surface area contributed by atoms with Gasteiger partial charge in [-0.05, 0) is 46.5 Å². The van der Waals surface area contributed by atoms with Gasteiger partial charge in [0, 0.05) is 27.5 Å². The molecule has 6 aromatic carbocycles. The van der Waals surface area contributed by atoms with Crippen molar-refractivity contribution >= 4 is 21.9 Å². The molecule has 8 rings (SSSR count). The van der Waals surface area contributed by atoms with Crippen molar-refractivity contribution in [1.29, 1.82) is 0 Å². The molecule has 0 atom stereocenters. The van der Waals surface area contributed by atoms with Gasteiger partial charge in [0.1, 0.15) is 11.2 Å². The molecule has 2 aromatic heterocycles. The smallest absolute Gasteiger partial charge is 0.164 e. The van der Waals surface area contributed by atoms with Gasteiger partial charge in [0.25, 0.3) is 0 Å². The Balaban J connectivity index is 1.14. The second-order valence-corrected chi connectivity index (χ2v) is 10.5. The van der Waals surface area contributed by atoms with Gasteiger partial charge in [0.05, 0.1) is 0 Å².